The number of hydrogen-bond acceptors (Lipinski definition) is 7. The first kappa shape index (κ1) is 13.9. The first-order valence-electron chi connectivity index (χ1n) is 5.73. The van der Waals surface area contributed by atoms with Gasteiger partial charge in [0, 0.05) is 35.9 Å². The summed E-state index contributed by atoms with van der Waals surface area (Å²) in [5.41, 5.74) is 0.599. The average molecular weight is 293 g/mol. The second-order valence-corrected chi connectivity index (χ2v) is 4.54. The number of carbonyl (C=O) groups is 1. The molecular formula is C11H11N5O3S. The van der Waals surface area contributed by atoms with Crippen LogP contribution in [0.15, 0.2) is 24.4 Å². The molecule has 0 aliphatic heterocycles. The Bertz CT molecular complexity index is 629. The van der Waals surface area contributed by atoms with Crippen molar-refractivity contribution in [3.8, 4) is 0 Å². The molecule has 0 aliphatic carbocycles. The zero-order valence-electron chi connectivity index (χ0n) is 10.5. The minimum Gasteiger partial charge on any atom is -0.385 e. The number of anilines is 2. The summed E-state index contributed by atoms with van der Waals surface area (Å²) in [6.45, 7) is 2.47. The molecule has 1 heterocycles. The lowest BCUT2D eigenvalue weighted by Crippen LogP contribution is -2.14. The van der Waals surface area contributed by atoms with Gasteiger partial charge in [-0.25, -0.2) is 0 Å². The molecule has 0 atom stereocenters. The third-order valence-electron chi connectivity index (χ3n) is 2.42. The van der Waals surface area contributed by atoms with Crippen molar-refractivity contribution in [2.75, 3.05) is 17.2 Å². The fourth-order valence-electron chi connectivity index (χ4n) is 1.58. The van der Waals surface area contributed by atoms with E-state index >= 15 is 0 Å². The van der Waals surface area contributed by atoms with Gasteiger partial charge in [-0.15, -0.1) is 5.10 Å². The minimum absolute atomic E-state index is 0.140. The summed E-state index contributed by atoms with van der Waals surface area (Å²) in [5, 5.41) is 20.5. The van der Waals surface area contributed by atoms with Crippen LogP contribution in [0.5, 0.6) is 0 Å². The molecule has 8 nitrogen and oxygen atoms in total. The van der Waals surface area contributed by atoms with Crippen molar-refractivity contribution in [1.29, 1.82) is 0 Å². The molecule has 0 unspecified atom stereocenters. The maximum absolute atomic E-state index is 12.2. The van der Waals surface area contributed by atoms with Crippen molar-refractivity contribution in [2.45, 2.75) is 6.92 Å². The molecule has 0 spiro atoms. The van der Waals surface area contributed by atoms with Crippen LogP contribution in [0.3, 0.4) is 0 Å². The van der Waals surface area contributed by atoms with Crippen LogP contribution < -0.4 is 10.6 Å². The minimum atomic E-state index is -0.541. The van der Waals surface area contributed by atoms with Gasteiger partial charge >= 0.3 is 0 Å². The smallest absolute Gasteiger partial charge is 0.270 e. The normalized spacial score (nSPS) is 10.1. The number of amides is 1. The van der Waals surface area contributed by atoms with E-state index in [9.17, 15) is 14.9 Å². The van der Waals surface area contributed by atoms with Crippen LogP contribution in [0.4, 0.5) is 16.4 Å². The quantitative estimate of drug-likeness (QED) is 0.645. The Hall–Kier alpha value is -2.55. The number of rotatable bonds is 5. The molecule has 0 saturated heterocycles. The third-order valence-corrected chi connectivity index (χ3v) is 3.00. The summed E-state index contributed by atoms with van der Waals surface area (Å²) in [5.74, 6) is -0.448. The Morgan fingerprint density at radius 1 is 1.50 bits per heavy atom. The molecule has 0 aliphatic rings. The molecule has 9 heteroatoms. The van der Waals surface area contributed by atoms with Crippen LogP contribution >= 0.6 is 11.5 Å². The number of nitrogens with zero attached hydrogens (tertiary/aromatic N) is 3. The molecule has 2 rings (SSSR count). The van der Waals surface area contributed by atoms with Gasteiger partial charge in [0.2, 0.25) is 0 Å². The number of carbonyl (C=O) groups excluding carboxylic acids is 1. The molecular weight excluding hydrogens is 282 g/mol. The Kier molecular flexibility index (Phi) is 4.20. The van der Waals surface area contributed by atoms with Crippen LogP contribution in [-0.4, -0.2) is 27.0 Å². The number of nitro groups is 1. The summed E-state index contributed by atoms with van der Waals surface area (Å²) in [4.78, 5) is 22.4. The molecule has 1 aromatic carbocycles. The van der Waals surface area contributed by atoms with Crippen LogP contribution in [0, 0.1) is 10.1 Å². The summed E-state index contributed by atoms with van der Waals surface area (Å²) >= 11 is 1.03. The highest BCUT2D eigenvalue weighted by Crippen LogP contribution is 2.23. The van der Waals surface area contributed by atoms with Crippen molar-refractivity contribution in [1.82, 2.24) is 9.59 Å². The number of nitro benzene ring substituents is 1. The number of benzene rings is 1. The van der Waals surface area contributed by atoms with Gasteiger partial charge in [-0.2, -0.15) is 0 Å². The first-order chi connectivity index (χ1) is 9.61. The fraction of sp³-hybridized carbons (Fsp3) is 0.182. The molecule has 20 heavy (non-hydrogen) atoms. The Balaban J connectivity index is 2.33. The summed E-state index contributed by atoms with van der Waals surface area (Å²) in [6, 6.07) is 4.10. The predicted octanol–water partition coefficient (Wildman–Crippen LogP) is 2.13. The van der Waals surface area contributed by atoms with Crippen LogP contribution in [0.1, 0.15) is 17.3 Å². The van der Waals surface area contributed by atoms with Crippen molar-refractivity contribution >= 4 is 33.8 Å². The maximum Gasteiger partial charge on any atom is 0.270 e. The van der Waals surface area contributed by atoms with Crippen LogP contribution in [-0.2, 0) is 0 Å². The van der Waals surface area contributed by atoms with Crippen LogP contribution in [0.2, 0.25) is 0 Å². The third kappa shape index (κ3) is 3.06. The van der Waals surface area contributed by atoms with E-state index in [1.807, 2.05) is 6.92 Å². The van der Waals surface area contributed by atoms with Gasteiger partial charge in [0.1, 0.15) is 5.00 Å². The zero-order valence-corrected chi connectivity index (χ0v) is 11.3. The lowest BCUT2D eigenvalue weighted by molar-refractivity contribution is -0.384. The summed E-state index contributed by atoms with van der Waals surface area (Å²) in [6.07, 6.45) is 1.41. The Morgan fingerprint density at radius 3 is 2.90 bits per heavy atom. The summed E-state index contributed by atoms with van der Waals surface area (Å²) in [7, 11) is 0. The van der Waals surface area contributed by atoms with Crippen molar-refractivity contribution in [2.24, 2.45) is 0 Å². The first-order valence-corrected chi connectivity index (χ1v) is 6.50. The Morgan fingerprint density at radius 2 is 2.30 bits per heavy atom. The second-order valence-electron chi connectivity index (χ2n) is 3.75. The monoisotopic (exact) mass is 293 g/mol. The van der Waals surface area contributed by atoms with E-state index in [-0.39, 0.29) is 11.3 Å². The number of aromatic nitrogens is 2. The molecule has 104 valence electrons. The van der Waals surface area contributed by atoms with Gasteiger partial charge in [-0.1, -0.05) is 4.49 Å². The van der Waals surface area contributed by atoms with E-state index in [1.54, 1.807) is 0 Å². The lowest BCUT2D eigenvalue weighted by atomic mass is 10.1. The number of hydrogen-bond donors (Lipinski definition) is 2. The standard InChI is InChI=1S/C11H11N5O3S/c1-2-12-9-4-3-7(16(18)19)5-8(9)11(17)14-10-6-13-15-20-10/h3-6,12H,2H2,1H3,(H,14,17). The van der Waals surface area contributed by atoms with E-state index in [2.05, 4.69) is 20.2 Å². The molecule has 1 amide bonds. The second kappa shape index (κ2) is 6.06. The van der Waals surface area contributed by atoms with E-state index < -0.39 is 10.8 Å². The van der Waals surface area contributed by atoms with Crippen molar-refractivity contribution in [3.63, 3.8) is 0 Å². The molecule has 0 radical (unpaired) electrons. The Labute approximate surface area is 118 Å². The molecule has 2 aromatic rings. The van der Waals surface area contributed by atoms with Crippen LogP contribution in [0.25, 0.3) is 0 Å². The van der Waals surface area contributed by atoms with Gasteiger partial charge in [0.05, 0.1) is 16.7 Å². The topological polar surface area (TPSA) is 110 Å². The highest BCUT2D eigenvalue weighted by Gasteiger charge is 2.17. The number of non-ortho nitro benzene ring substituents is 1. The molecule has 2 N–H and O–H groups in total. The number of nitrogens with one attached hydrogen (secondary N) is 2. The molecule has 0 saturated carbocycles. The largest absolute Gasteiger partial charge is 0.385 e. The van der Waals surface area contributed by atoms with Gasteiger partial charge in [-0.05, 0) is 13.0 Å². The van der Waals surface area contributed by atoms with Gasteiger partial charge < -0.3 is 10.6 Å². The van der Waals surface area contributed by atoms with E-state index in [0.29, 0.717) is 17.2 Å². The molecule has 1 aromatic heterocycles. The average Bonchev–Trinajstić information content (AvgIpc) is 2.92. The maximum atomic E-state index is 12.2. The molecule has 0 fully saturated rings. The fourth-order valence-corrected chi connectivity index (χ4v) is 1.99. The summed E-state index contributed by atoms with van der Waals surface area (Å²) < 4.78 is 3.63. The van der Waals surface area contributed by atoms with Gasteiger partial charge in [-0.3, -0.25) is 14.9 Å². The van der Waals surface area contributed by atoms with E-state index in [0.717, 1.165) is 11.5 Å². The van der Waals surface area contributed by atoms with E-state index in [1.165, 1.54) is 24.4 Å². The van der Waals surface area contributed by atoms with Crippen molar-refractivity contribution in [3.05, 3.63) is 40.1 Å². The predicted molar refractivity (Wildman–Crippen MR) is 75.1 cm³/mol. The zero-order chi connectivity index (χ0) is 14.5. The van der Waals surface area contributed by atoms with Gasteiger partial charge in [0.25, 0.3) is 11.6 Å². The molecule has 0 bridgehead atoms. The SMILES string of the molecule is CCNc1ccc([N+](=O)[O-])cc1C(=O)Nc1cnns1. The highest BCUT2D eigenvalue weighted by atomic mass is 32.1. The van der Waals surface area contributed by atoms with E-state index in [4.69, 9.17) is 0 Å². The van der Waals surface area contributed by atoms with Gasteiger partial charge in [0.15, 0.2) is 0 Å². The van der Waals surface area contributed by atoms with Crippen molar-refractivity contribution < 1.29 is 9.72 Å². The highest BCUT2D eigenvalue weighted by molar-refractivity contribution is 7.10. The lowest BCUT2D eigenvalue weighted by Gasteiger charge is -2.09.